The molecule has 2 aromatic rings. The first-order valence-electron chi connectivity index (χ1n) is 6.93. The van der Waals surface area contributed by atoms with Gasteiger partial charge in [0.25, 0.3) is 0 Å². The molecule has 0 N–H and O–H groups in total. The average Bonchev–Trinajstić information content (AvgIpc) is 2.67. The molecule has 0 radical (unpaired) electrons. The van der Waals surface area contributed by atoms with Crippen LogP contribution in [0.2, 0.25) is 0 Å². The van der Waals surface area contributed by atoms with Gasteiger partial charge >= 0.3 is 0 Å². The summed E-state index contributed by atoms with van der Waals surface area (Å²) in [5.74, 6) is 1.03. The minimum atomic E-state index is 0.407. The minimum Gasteiger partial charge on any atom is -0.262 e. The number of rotatable bonds is 3. The maximum atomic E-state index is 4.81. The molecule has 0 fully saturated rings. The Balaban J connectivity index is 2.71. The maximum absolute atomic E-state index is 4.81. The van der Waals surface area contributed by atoms with Crippen LogP contribution < -0.4 is 0 Å². The Morgan fingerprint density at radius 2 is 1.61 bits per heavy atom. The Bertz CT molecular complexity index is 547. The molecule has 0 bridgehead atoms. The van der Waals surface area contributed by atoms with Crippen molar-refractivity contribution < 1.29 is 0 Å². The van der Waals surface area contributed by atoms with Crippen molar-refractivity contribution in [1.29, 1.82) is 0 Å². The van der Waals surface area contributed by atoms with Crippen molar-refractivity contribution in [2.45, 2.75) is 59.4 Å². The molecule has 0 aliphatic rings. The second kappa shape index (κ2) is 4.75. The second-order valence-electron chi connectivity index (χ2n) is 6.01. The van der Waals surface area contributed by atoms with Gasteiger partial charge in [0, 0.05) is 11.4 Å². The van der Waals surface area contributed by atoms with Gasteiger partial charge in [-0.05, 0) is 43.4 Å². The molecule has 0 aliphatic heterocycles. The van der Waals surface area contributed by atoms with E-state index in [1.807, 2.05) is 0 Å². The van der Waals surface area contributed by atoms with E-state index in [0.29, 0.717) is 17.9 Å². The monoisotopic (exact) mass is 244 g/mol. The normalized spacial score (nSPS) is 12.3. The quantitative estimate of drug-likeness (QED) is 0.753. The zero-order chi connectivity index (χ0) is 13.4. The maximum Gasteiger partial charge on any atom is 0.0728 e. The summed E-state index contributed by atoms with van der Waals surface area (Å²) >= 11 is 0. The van der Waals surface area contributed by atoms with Gasteiger partial charge in [0.2, 0.25) is 0 Å². The molecule has 2 nitrogen and oxygen atoms in total. The van der Waals surface area contributed by atoms with E-state index < -0.39 is 0 Å². The molecule has 0 atom stereocenters. The van der Waals surface area contributed by atoms with E-state index in [-0.39, 0.29) is 0 Å². The molecular formula is C16H24N2. The van der Waals surface area contributed by atoms with Crippen LogP contribution in [0.25, 0.3) is 10.9 Å². The third-order valence-electron chi connectivity index (χ3n) is 3.46. The van der Waals surface area contributed by atoms with Gasteiger partial charge in [-0.15, -0.1) is 0 Å². The fourth-order valence-corrected chi connectivity index (χ4v) is 2.36. The SMILES string of the molecule is CC(C)c1ccc2c(c1)c(C(C)C)nn2C(C)C. The van der Waals surface area contributed by atoms with Gasteiger partial charge in [0.05, 0.1) is 11.2 Å². The number of fused-ring (bicyclic) bond motifs is 1. The largest absolute Gasteiger partial charge is 0.262 e. The van der Waals surface area contributed by atoms with Crippen molar-refractivity contribution in [1.82, 2.24) is 9.78 Å². The molecule has 2 heteroatoms. The zero-order valence-electron chi connectivity index (χ0n) is 12.4. The van der Waals surface area contributed by atoms with Gasteiger partial charge in [-0.3, -0.25) is 4.68 Å². The van der Waals surface area contributed by atoms with Gasteiger partial charge in [0.15, 0.2) is 0 Å². The summed E-state index contributed by atoms with van der Waals surface area (Å²) in [5.41, 5.74) is 3.88. The summed E-state index contributed by atoms with van der Waals surface area (Å²) in [6.45, 7) is 13.3. The van der Waals surface area contributed by atoms with Gasteiger partial charge in [0.1, 0.15) is 0 Å². The number of hydrogen-bond acceptors (Lipinski definition) is 1. The highest BCUT2D eigenvalue weighted by Crippen LogP contribution is 2.29. The van der Waals surface area contributed by atoms with Crippen molar-refractivity contribution in [2.75, 3.05) is 0 Å². The molecule has 18 heavy (non-hydrogen) atoms. The molecule has 1 heterocycles. The van der Waals surface area contributed by atoms with E-state index in [0.717, 1.165) is 0 Å². The van der Waals surface area contributed by atoms with Crippen LogP contribution in [0.4, 0.5) is 0 Å². The highest BCUT2D eigenvalue weighted by atomic mass is 15.3. The minimum absolute atomic E-state index is 0.407. The highest BCUT2D eigenvalue weighted by Gasteiger charge is 2.15. The molecule has 0 aliphatic carbocycles. The van der Waals surface area contributed by atoms with Crippen LogP contribution in [0.15, 0.2) is 18.2 Å². The summed E-state index contributed by atoms with van der Waals surface area (Å²) in [4.78, 5) is 0. The lowest BCUT2D eigenvalue weighted by atomic mass is 9.98. The molecular weight excluding hydrogens is 220 g/mol. The van der Waals surface area contributed by atoms with E-state index in [9.17, 15) is 0 Å². The number of nitrogens with zero attached hydrogens (tertiary/aromatic N) is 2. The van der Waals surface area contributed by atoms with E-state index >= 15 is 0 Å². The topological polar surface area (TPSA) is 17.8 Å². The second-order valence-corrected chi connectivity index (χ2v) is 6.01. The first kappa shape index (κ1) is 13.1. The van der Waals surface area contributed by atoms with Gasteiger partial charge in [-0.1, -0.05) is 33.8 Å². The van der Waals surface area contributed by atoms with Gasteiger partial charge < -0.3 is 0 Å². The Morgan fingerprint density at radius 3 is 2.11 bits per heavy atom. The summed E-state index contributed by atoms with van der Waals surface area (Å²) in [6, 6.07) is 7.19. The predicted octanol–water partition coefficient (Wildman–Crippen LogP) is 4.86. The number of benzene rings is 1. The lowest BCUT2D eigenvalue weighted by Gasteiger charge is -2.08. The van der Waals surface area contributed by atoms with E-state index in [2.05, 4.69) is 64.4 Å². The van der Waals surface area contributed by atoms with Crippen LogP contribution >= 0.6 is 0 Å². The Morgan fingerprint density at radius 1 is 0.944 bits per heavy atom. The molecule has 0 amide bonds. The molecule has 1 aromatic heterocycles. The number of aromatic nitrogens is 2. The van der Waals surface area contributed by atoms with Crippen LogP contribution in [-0.2, 0) is 0 Å². The Labute approximate surface area is 110 Å². The smallest absolute Gasteiger partial charge is 0.0728 e. The molecule has 0 spiro atoms. The van der Waals surface area contributed by atoms with Crippen molar-refractivity contribution in [2.24, 2.45) is 0 Å². The summed E-state index contributed by atoms with van der Waals surface area (Å²) in [7, 11) is 0. The van der Waals surface area contributed by atoms with Crippen molar-refractivity contribution in [3.8, 4) is 0 Å². The van der Waals surface area contributed by atoms with Crippen molar-refractivity contribution in [3.05, 3.63) is 29.5 Å². The lowest BCUT2D eigenvalue weighted by Crippen LogP contribution is -2.03. The molecule has 0 unspecified atom stereocenters. The van der Waals surface area contributed by atoms with Crippen LogP contribution in [-0.4, -0.2) is 9.78 Å². The van der Waals surface area contributed by atoms with Gasteiger partial charge in [-0.25, -0.2) is 0 Å². The zero-order valence-corrected chi connectivity index (χ0v) is 12.4. The van der Waals surface area contributed by atoms with Crippen LogP contribution in [0.3, 0.4) is 0 Å². The summed E-state index contributed by atoms with van der Waals surface area (Å²) in [6.07, 6.45) is 0. The third-order valence-corrected chi connectivity index (χ3v) is 3.46. The first-order chi connectivity index (χ1) is 8.41. The molecule has 1 aromatic carbocycles. The van der Waals surface area contributed by atoms with Crippen LogP contribution in [0, 0.1) is 0 Å². The third kappa shape index (κ3) is 2.16. The summed E-state index contributed by atoms with van der Waals surface area (Å²) in [5, 5.41) is 6.13. The Kier molecular flexibility index (Phi) is 3.47. The van der Waals surface area contributed by atoms with Gasteiger partial charge in [-0.2, -0.15) is 5.10 Å². The fraction of sp³-hybridized carbons (Fsp3) is 0.562. The highest BCUT2D eigenvalue weighted by molar-refractivity contribution is 5.83. The van der Waals surface area contributed by atoms with Crippen molar-refractivity contribution in [3.63, 3.8) is 0 Å². The van der Waals surface area contributed by atoms with Crippen LogP contribution in [0.1, 0.15) is 70.7 Å². The Hall–Kier alpha value is -1.31. The first-order valence-corrected chi connectivity index (χ1v) is 6.93. The molecule has 98 valence electrons. The predicted molar refractivity (Wildman–Crippen MR) is 78.3 cm³/mol. The van der Waals surface area contributed by atoms with Crippen LogP contribution in [0.5, 0.6) is 0 Å². The average molecular weight is 244 g/mol. The van der Waals surface area contributed by atoms with E-state index in [1.54, 1.807) is 0 Å². The van der Waals surface area contributed by atoms with Crippen molar-refractivity contribution >= 4 is 10.9 Å². The number of hydrogen-bond donors (Lipinski definition) is 0. The molecule has 0 saturated carbocycles. The molecule has 2 rings (SSSR count). The van der Waals surface area contributed by atoms with E-state index in [1.165, 1.54) is 22.2 Å². The summed E-state index contributed by atoms with van der Waals surface area (Å²) < 4.78 is 2.15. The van der Waals surface area contributed by atoms with E-state index in [4.69, 9.17) is 5.10 Å². The fourth-order valence-electron chi connectivity index (χ4n) is 2.36. The lowest BCUT2D eigenvalue weighted by molar-refractivity contribution is 0.539. The standard InChI is InChI=1S/C16H24N2/c1-10(2)13-7-8-15-14(9-13)16(11(3)4)17-18(15)12(5)6/h7-12H,1-6H3. The molecule has 0 saturated heterocycles.